The molecule has 0 aliphatic carbocycles. The summed E-state index contributed by atoms with van der Waals surface area (Å²) in [6, 6.07) is 3.20. The molecule has 1 unspecified atom stereocenters. The van der Waals surface area contributed by atoms with Gasteiger partial charge in [-0.2, -0.15) is 0 Å². The first-order valence-corrected chi connectivity index (χ1v) is 6.42. The van der Waals surface area contributed by atoms with E-state index >= 15 is 0 Å². The molecule has 0 spiro atoms. The molecular weight excluding hydrogens is 297 g/mol. The fourth-order valence-corrected chi connectivity index (χ4v) is 2.30. The standard InChI is InChI=1S/C10H11BrClNO3/c11-5-7-6-15-4-3-13(7)10(14)8-1-2-9(12)16-8/h1-2,7H,3-6H2. The molecule has 0 N–H and O–H groups in total. The molecule has 1 atom stereocenters. The molecule has 1 aliphatic rings. The van der Waals surface area contributed by atoms with Crippen LogP contribution in [0, 0.1) is 0 Å². The van der Waals surface area contributed by atoms with Crippen molar-refractivity contribution in [3.63, 3.8) is 0 Å². The summed E-state index contributed by atoms with van der Waals surface area (Å²) in [6.45, 7) is 1.68. The summed E-state index contributed by atoms with van der Waals surface area (Å²) in [7, 11) is 0. The molecule has 0 saturated carbocycles. The van der Waals surface area contributed by atoms with E-state index in [1.54, 1.807) is 17.0 Å². The van der Waals surface area contributed by atoms with Crippen LogP contribution < -0.4 is 0 Å². The van der Waals surface area contributed by atoms with Crippen LogP contribution in [0.1, 0.15) is 10.6 Å². The molecule has 1 aliphatic heterocycles. The average molecular weight is 309 g/mol. The smallest absolute Gasteiger partial charge is 0.290 e. The number of hydrogen-bond donors (Lipinski definition) is 0. The van der Waals surface area contributed by atoms with Gasteiger partial charge in [0, 0.05) is 11.9 Å². The predicted molar refractivity (Wildman–Crippen MR) is 63.2 cm³/mol. The van der Waals surface area contributed by atoms with Crippen LogP contribution in [-0.2, 0) is 4.74 Å². The van der Waals surface area contributed by atoms with Crippen LogP contribution in [0.4, 0.5) is 0 Å². The van der Waals surface area contributed by atoms with Gasteiger partial charge in [-0.3, -0.25) is 4.79 Å². The largest absolute Gasteiger partial charge is 0.440 e. The highest BCUT2D eigenvalue weighted by atomic mass is 79.9. The van der Waals surface area contributed by atoms with E-state index in [0.717, 1.165) is 0 Å². The molecule has 1 saturated heterocycles. The quantitative estimate of drug-likeness (QED) is 0.786. The average Bonchev–Trinajstić information content (AvgIpc) is 2.75. The van der Waals surface area contributed by atoms with Crippen molar-refractivity contribution in [2.24, 2.45) is 0 Å². The van der Waals surface area contributed by atoms with Crippen molar-refractivity contribution in [3.8, 4) is 0 Å². The Hall–Kier alpha value is -0.520. The Bertz CT molecular complexity index is 382. The summed E-state index contributed by atoms with van der Waals surface area (Å²) in [4.78, 5) is 13.8. The van der Waals surface area contributed by atoms with Gasteiger partial charge in [-0.1, -0.05) is 15.9 Å². The van der Waals surface area contributed by atoms with Crippen LogP contribution in [0.3, 0.4) is 0 Å². The van der Waals surface area contributed by atoms with Crippen LogP contribution in [0.15, 0.2) is 16.5 Å². The Morgan fingerprint density at radius 1 is 1.62 bits per heavy atom. The second-order valence-electron chi connectivity index (χ2n) is 3.49. The maximum Gasteiger partial charge on any atom is 0.290 e. The minimum absolute atomic E-state index is 0.0464. The molecule has 88 valence electrons. The second kappa shape index (κ2) is 5.21. The Balaban J connectivity index is 2.13. The van der Waals surface area contributed by atoms with Gasteiger partial charge >= 0.3 is 0 Å². The van der Waals surface area contributed by atoms with Crippen LogP contribution in [0.5, 0.6) is 0 Å². The highest BCUT2D eigenvalue weighted by Crippen LogP contribution is 2.18. The molecule has 0 aromatic carbocycles. The number of carbonyl (C=O) groups is 1. The van der Waals surface area contributed by atoms with E-state index in [-0.39, 0.29) is 22.9 Å². The summed E-state index contributed by atoms with van der Waals surface area (Å²) in [5.74, 6) is 0.137. The van der Waals surface area contributed by atoms with Gasteiger partial charge < -0.3 is 14.1 Å². The Kier molecular flexibility index (Phi) is 3.89. The molecular formula is C10H11BrClNO3. The zero-order valence-electron chi connectivity index (χ0n) is 8.49. The molecule has 1 aromatic heterocycles. The molecule has 0 radical (unpaired) electrons. The first-order chi connectivity index (χ1) is 7.72. The van der Waals surface area contributed by atoms with Crippen LogP contribution in [-0.4, -0.2) is 41.9 Å². The molecule has 1 fully saturated rings. The van der Waals surface area contributed by atoms with Gasteiger partial charge in [-0.15, -0.1) is 0 Å². The number of carbonyl (C=O) groups excluding carboxylic acids is 1. The van der Waals surface area contributed by atoms with Crippen molar-refractivity contribution >= 4 is 33.4 Å². The monoisotopic (exact) mass is 307 g/mol. The Morgan fingerprint density at radius 3 is 3.06 bits per heavy atom. The number of furan rings is 1. The maximum atomic E-state index is 12.1. The van der Waals surface area contributed by atoms with E-state index < -0.39 is 0 Å². The minimum Gasteiger partial charge on any atom is -0.440 e. The van der Waals surface area contributed by atoms with Crippen LogP contribution in [0.25, 0.3) is 0 Å². The number of nitrogens with zero attached hydrogens (tertiary/aromatic N) is 1. The maximum absolute atomic E-state index is 12.1. The third-order valence-electron chi connectivity index (χ3n) is 2.45. The lowest BCUT2D eigenvalue weighted by Crippen LogP contribution is -2.49. The number of halogens is 2. The second-order valence-corrected chi connectivity index (χ2v) is 4.51. The molecule has 16 heavy (non-hydrogen) atoms. The van der Waals surface area contributed by atoms with E-state index in [1.807, 2.05) is 0 Å². The van der Waals surface area contributed by atoms with E-state index in [1.165, 1.54) is 0 Å². The first-order valence-electron chi connectivity index (χ1n) is 4.92. The molecule has 6 heteroatoms. The number of morpholine rings is 1. The Morgan fingerprint density at radius 2 is 2.44 bits per heavy atom. The molecule has 2 rings (SSSR count). The molecule has 0 bridgehead atoms. The minimum atomic E-state index is -0.139. The fourth-order valence-electron chi connectivity index (χ4n) is 1.62. The van der Waals surface area contributed by atoms with Gasteiger partial charge in [0.2, 0.25) is 0 Å². The van der Waals surface area contributed by atoms with E-state index in [9.17, 15) is 4.79 Å². The highest BCUT2D eigenvalue weighted by molar-refractivity contribution is 9.09. The third kappa shape index (κ3) is 2.42. The van der Waals surface area contributed by atoms with Gasteiger partial charge in [-0.05, 0) is 23.7 Å². The molecule has 4 nitrogen and oxygen atoms in total. The number of rotatable bonds is 2. The summed E-state index contributed by atoms with van der Waals surface area (Å²) in [6.07, 6.45) is 0. The van der Waals surface area contributed by atoms with Gasteiger partial charge in [-0.25, -0.2) is 0 Å². The Labute approximate surface area is 107 Å². The number of amides is 1. The van der Waals surface area contributed by atoms with Gasteiger partial charge in [0.25, 0.3) is 5.91 Å². The van der Waals surface area contributed by atoms with Crippen molar-refractivity contribution in [3.05, 3.63) is 23.1 Å². The third-order valence-corrected chi connectivity index (χ3v) is 3.40. The van der Waals surface area contributed by atoms with Crippen molar-refractivity contribution in [1.82, 2.24) is 4.90 Å². The summed E-state index contributed by atoms with van der Waals surface area (Å²) >= 11 is 9.01. The lowest BCUT2D eigenvalue weighted by Gasteiger charge is -2.33. The lowest BCUT2D eigenvalue weighted by molar-refractivity contribution is 0.00361. The van der Waals surface area contributed by atoms with Crippen LogP contribution >= 0.6 is 27.5 Å². The normalized spacial score (nSPS) is 21.1. The zero-order valence-corrected chi connectivity index (χ0v) is 10.8. The van der Waals surface area contributed by atoms with E-state index in [2.05, 4.69) is 15.9 Å². The van der Waals surface area contributed by atoms with E-state index in [0.29, 0.717) is 25.1 Å². The fraction of sp³-hybridized carbons (Fsp3) is 0.500. The van der Waals surface area contributed by atoms with E-state index in [4.69, 9.17) is 20.8 Å². The van der Waals surface area contributed by atoms with Gasteiger partial charge in [0.05, 0.1) is 19.3 Å². The van der Waals surface area contributed by atoms with Gasteiger partial charge in [0.15, 0.2) is 11.0 Å². The van der Waals surface area contributed by atoms with Gasteiger partial charge in [0.1, 0.15) is 0 Å². The number of alkyl halides is 1. The topological polar surface area (TPSA) is 42.7 Å². The predicted octanol–water partition coefficient (Wildman–Crippen LogP) is 2.17. The summed E-state index contributed by atoms with van der Waals surface area (Å²) in [5, 5.41) is 0.916. The zero-order chi connectivity index (χ0) is 11.5. The van der Waals surface area contributed by atoms with Crippen molar-refractivity contribution < 1.29 is 13.9 Å². The molecule has 2 heterocycles. The summed E-state index contributed by atoms with van der Waals surface area (Å²) in [5.41, 5.74) is 0. The first kappa shape index (κ1) is 12.0. The van der Waals surface area contributed by atoms with Crippen molar-refractivity contribution in [2.75, 3.05) is 25.1 Å². The van der Waals surface area contributed by atoms with Crippen molar-refractivity contribution in [2.45, 2.75) is 6.04 Å². The lowest BCUT2D eigenvalue weighted by atomic mass is 10.2. The van der Waals surface area contributed by atoms with Crippen molar-refractivity contribution in [1.29, 1.82) is 0 Å². The van der Waals surface area contributed by atoms with Crippen LogP contribution in [0.2, 0.25) is 5.22 Å². The number of hydrogen-bond acceptors (Lipinski definition) is 3. The highest BCUT2D eigenvalue weighted by Gasteiger charge is 2.28. The molecule has 1 aromatic rings. The summed E-state index contributed by atoms with van der Waals surface area (Å²) < 4.78 is 10.4. The number of ether oxygens (including phenoxy) is 1. The SMILES string of the molecule is O=C(c1ccc(Cl)o1)N1CCOCC1CBr. The molecule has 1 amide bonds.